The standard InChI is InChI=1S/C17H20FN3O2/c1-17(2,3)21-16(22)20-15-14(5-4-10-19-15)23-11-12-6-8-13(18)9-7-12/h4-10H,11H2,1-3H3,(H2,19,20,21,22). The van der Waals surface area contributed by atoms with Gasteiger partial charge in [0.15, 0.2) is 11.6 Å². The van der Waals surface area contributed by atoms with Gasteiger partial charge in [-0.25, -0.2) is 14.2 Å². The van der Waals surface area contributed by atoms with Crippen LogP contribution in [0.1, 0.15) is 26.3 Å². The van der Waals surface area contributed by atoms with Gasteiger partial charge in [-0.05, 0) is 50.6 Å². The third kappa shape index (κ3) is 5.58. The first-order chi connectivity index (χ1) is 10.8. The van der Waals surface area contributed by atoms with E-state index in [9.17, 15) is 9.18 Å². The molecule has 0 fully saturated rings. The Bertz CT molecular complexity index is 666. The third-order valence-electron chi connectivity index (χ3n) is 2.80. The second kappa shape index (κ2) is 7.09. The molecule has 0 radical (unpaired) electrons. The van der Waals surface area contributed by atoms with E-state index in [1.807, 2.05) is 20.8 Å². The van der Waals surface area contributed by atoms with Crippen molar-refractivity contribution < 1.29 is 13.9 Å². The van der Waals surface area contributed by atoms with Crippen molar-refractivity contribution in [2.45, 2.75) is 32.9 Å². The quantitative estimate of drug-likeness (QED) is 0.903. The zero-order valence-corrected chi connectivity index (χ0v) is 13.4. The number of nitrogens with zero attached hydrogens (tertiary/aromatic N) is 1. The van der Waals surface area contributed by atoms with Crippen molar-refractivity contribution in [1.82, 2.24) is 10.3 Å². The van der Waals surface area contributed by atoms with Crippen molar-refractivity contribution in [2.75, 3.05) is 5.32 Å². The molecule has 1 heterocycles. The van der Waals surface area contributed by atoms with Crippen molar-refractivity contribution in [3.8, 4) is 5.75 Å². The van der Waals surface area contributed by atoms with E-state index in [0.717, 1.165) is 5.56 Å². The average Bonchev–Trinajstić information content (AvgIpc) is 2.46. The van der Waals surface area contributed by atoms with E-state index in [1.165, 1.54) is 12.1 Å². The number of hydrogen-bond donors (Lipinski definition) is 2. The van der Waals surface area contributed by atoms with Crippen LogP contribution in [0, 0.1) is 5.82 Å². The van der Waals surface area contributed by atoms with Crippen LogP contribution in [0.5, 0.6) is 5.75 Å². The summed E-state index contributed by atoms with van der Waals surface area (Å²) in [6.07, 6.45) is 1.57. The topological polar surface area (TPSA) is 63.2 Å². The number of nitrogens with one attached hydrogen (secondary N) is 2. The molecule has 122 valence electrons. The lowest BCUT2D eigenvalue weighted by atomic mass is 10.1. The van der Waals surface area contributed by atoms with Crippen molar-refractivity contribution in [3.63, 3.8) is 0 Å². The number of carbonyl (C=O) groups is 1. The predicted molar refractivity (Wildman–Crippen MR) is 86.9 cm³/mol. The predicted octanol–water partition coefficient (Wildman–Crippen LogP) is 3.72. The fraction of sp³-hybridized carbons (Fsp3) is 0.294. The van der Waals surface area contributed by atoms with E-state index < -0.39 is 0 Å². The summed E-state index contributed by atoms with van der Waals surface area (Å²) >= 11 is 0. The highest BCUT2D eigenvalue weighted by molar-refractivity contribution is 5.90. The van der Waals surface area contributed by atoms with Crippen molar-refractivity contribution in [3.05, 3.63) is 54.0 Å². The van der Waals surface area contributed by atoms with Crippen molar-refractivity contribution in [1.29, 1.82) is 0 Å². The van der Waals surface area contributed by atoms with Crippen LogP contribution in [0.15, 0.2) is 42.6 Å². The van der Waals surface area contributed by atoms with Gasteiger partial charge in [0.1, 0.15) is 12.4 Å². The number of rotatable bonds is 4. The summed E-state index contributed by atoms with van der Waals surface area (Å²) in [6, 6.07) is 9.10. The number of ether oxygens (including phenoxy) is 1. The lowest BCUT2D eigenvalue weighted by Crippen LogP contribution is -2.43. The van der Waals surface area contributed by atoms with E-state index in [4.69, 9.17) is 4.74 Å². The average molecular weight is 317 g/mol. The molecular formula is C17H20FN3O2. The molecule has 5 nitrogen and oxygen atoms in total. The van der Waals surface area contributed by atoms with Gasteiger partial charge < -0.3 is 10.1 Å². The van der Waals surface area contributed by atoms with Crippen LogP contribution in [0.3, 0.4) is 0 Å². The molecule has 0 aliphatic carbocycles. The molecule has 0 saturated carbocycles. The highest BCUT2D eigenvalue weighted by Crippen LogP contribution is 2.22. The second-order valence-electron chi connectivity index (χ2n) is 6.09. The zero-order chi connectivity index (χ0) is 16.9. The van der Waals surface area contributed by atoms with Gasteiger partial charge >= 0.3 is 6.03 Å². The molecule has 2 rings (SSSR count). The summed E-state index contributed by atoms with van der Waals surface area (Å²) in [5, 5.41) is 5.45. The molecule has 1 aromatic carbocycles. The van der Waals surface area contributed by atoms with Gasteiger partial charge in [-0.15, -0.1) is 0 Å². The molecule has 2 aromatic rings. The highest BCUT2D eigenvalue weighted by Gasteiger charge is 2.15. The fourth-order valence-corrected chi connectivity index (χ4v) is 1.82. The molecular weight excluding hydrogens is 297 g/mol. The largest absolute Gasteiger partial charge is 0.485 e. The van der Waals surface area contributed by atoms with Crippen LogP contribution in [0.4, 0.5) is 15.0 Å². The van der Waals surface area contributed by atoms with Crippen LogP contribution in [-0.4, -0.2) is 16.6 Å². The van der Waals surface area contributed by atoms with Crippen LogP contribution in [0.2, 0.25) is 0 Å². The molecule has 1 aromatic heterocycles. The van der Waals surface area contributed by atoms with E-state index in [1.54, 1.807) is 30.5 Å². The van der Waals surface area contributed by atoms with Gasteiger partial charge in [0.2, 0.25) is 0 Å². The summed E-state index contributed by atoms with van der Waals surface area (Å²) in [5.74, 6) is 0.480. The molecule has 0 saturated heterocycles. The van der Waals surface area contributed by atoms with Crippen molar-refractivity contribution >= 4 is 11.8 Å². The Balaban J connectivity index is 2.02. The lowest BCUT2D eigenvalue weighted by molar-refractivity contribution is 0.243. The van der Waals surface area contributed by atoms with E-state index in [2.05, 4.69) is 15.6 Å². The lowest BCUT2D eigenvalue weighted by Gasteiger charge is -2.21. The van der Waals surface area contributed by atoms with Crippen LogP contribution >= 0.6 is 0 Å². The molecule has 2 N–H and O–H groups in total. The second-order valence-corrected chi connectivity index (χ2v) is 6.09. The number of pyridine rings is 1. The van der Waals surface area contributed by atoms with Crippen molar-refractivity contribution in [2.24, 2.45) is 0 Å². The Kier molecular flexibility index (Phi) is 5.16. The first-order valence-electron chi connectivity index (χ1n) is 7.25. The van der Waals surface area contributed by atoms with Gasteiger partial charge in [0, 0.05) is 11.7 Å². The molecule has 6 heteroatoms. The summed E-state index contributed by atoms with van der Waals surface area (Å²) in [7, 11) is 0. The highest BCUT2D eigenvalue weighted by atomic mass is 19.1. The number of amides is 2. The van der Waals surface area contributed by atoms with Crippen LogP contribution < -0.4 is 15.4 Å². The smallest absolute Gasteiger partial charge is 0.320 e. The number of aromatic nitrogens is 1. The SMILES string of the molecule is CC(C)(C)NC(=O)Nc1ncccc1OCc1ccc(F)cc1. The molecule has 0 aliphatic heterocycles. The molecule has 0 spiro atoms. The fourth-order valence-electron chi connectivity index (χ4n) is 1.82. The maximum absolute atomic E-state index is 12.9. The maximum atomic E-state index is 12.9. The Morgan fingerprint density at radius 3 is 2.57 bits per heavy atom. The summed E-state index contributed by atoms with van der Waals surface area (Å²) in [5.41, 5.74) is 0.467. The normalized spacial score (nSPS) is 11.0. The number of halogens is 1. The minimum Gasteiger partial charge on any atom is -0.485 e. The minimum absolute atomic E-state index is 0.252. The summed E-state index contributed by atoms with van der Waals surface area (Å²) in [4.78, 5) is 16.1. The number of urea groups is 1. The molecule has 0 atom stereocenters. The van der Waals surface area contributed by atoms with Crippen LogP contribution in [0.25, 0.3) is 0 Å². The number of carbonyl (C=O) groups excluding carboxylic acids is 1. The number of hydrogen-bond acceptors (Lipinski definition) is 3. The number of benzene rings is 1. The maximum Gasteiger partial charge on any atom is 0.320 e. The van der Waals surface area contributed by atoms with Gasteiger partial charge in [-0.1, -0.05) is 12.1 Å². The monoisotopic (exact) mass is 317 g/mol. The molecule has 23 heavy (non-hydrogen) atoms. The Labute approximate surface area is 134 Å². The van der Waals surface area contributed by atoms with E-state index in [0.29, 0.717) is 11.6 Å². The first-order valence-corrected chi connectivity index (χ1v) is 7.25. The Hall–Kier alpha value is -2.63. The number of anilines is 1. The Morgan fingerprint density at radius 1 is 1.22 bits per heavy atom. The minimum atomic E-state index is -0.358. The van der Waals surface area contributed by atoms with Crippen LogP contribution in [-0.2, 0) is 6.61 Å². The molecule has 0 unspecified atom stereocenters. The molecule has 0 aliphatic rings. The Morgan fingerprint density at radius 2 is 1.91 bits per heavy atom. The first kappa shape index (κ1) is 16.7. The van der Waals surface area contributed by atoms with E-state index >= 15 is 0 Å². The van der Waals surface area contributed by atoms with Gasteiger partial charge in [-0.2, -0.15) is 0 Å². The summed E-state index contributed by atoms with van der Waals surface area (Å²) in [6.45, 7) is 5.91. The van der Waals surface area contributed by atoms with Gasteiger partial charge in [0.25, 0.3) is 0 Å². The molecule has 2 amide bonds. The third-order valence-corrected chi connectivity index (χ3v) is 2.80. The van der Waals surface area contributed by atoms with E-state index in [-0.39, 0.29) is 24.0 Å². The van der Waals surface area contributed by atoms with Gasteiger partial charge in [-0.3, -0.25) is 5.32 Å². The zero-order valence-electron chi connectivity index (χ0n) is 13.4. The summed E-state index contributed by atoms with van der Waals surface area (Å²) < 4.78 is 18.6. The van der Waals surface area contributed by atoms with Gasteiger partial charge in [0.05, 0.1) is 0 Å². The molecule has 0 bridgehead atoms.